The van der Waals surface area contributed by atoms with Crippen molar-refractivity contribution in [3.8, 4) is 0 Å². The van der Waals surface area contributed by atoms with Gasteiger partial charge in [0.1, 0.15) is 0 Å². The summed E-state index contributed by atoms with van der Waals surface area (Å²) in [6, 6.07) is 9.67. The first-order chi connectivity index (χ1) is 8.58. The van der Waals surface area contributed by atoms with E-state index in [1.165, 1.54) is 0 Å². The van der Waals surface area contributed by atoms with Crippen molar-refractivity contribution >= 4 is 21.8 Å². The third-order valence-corrected chi connectivity index (χ3v) is 3.42. The second kappa shape index (κ2) is 5.40. The zero-order valence-corrected chi connectivity index (χ0v) is 12.0. The summed E-state index contributed by atoms with van der Waals surface area (Å²) in [5.41, 5.74) is 2.76. The molecule has 0 saturated carbocycles. The van der Waals surface area contributed by atoms with Gasteiger partial charge in [-0.3, -0.25) is 4.79 Å². The lowest BCUT2D eigenvalue weighted by atomic mass is 10.1. The van der Waals surface area contributed by atoms with Crippen LogP contribution >= 0.6 is 15.9 Å². The Labute approximate surface area is 115 Å². The van der Waals surface area contributed by atoms with Gasteiger partial charge in [-0.25, -0.2) is 0 Å². The highest BCUT2D eigenvalue weighted by atomic mass is 79.9. The molecule has 0 aliphatic carbocycles. The van der Waals surface area contributed by atoms with Crippen LogP contribution in [0.2, 0.25) is 0 Å². The summed E-state index contributed by atoms with van der Waals surface area (Å²) < 4.78 is 2.91. The molecule has 0 saturated heterocycles. The minimum atomic E-state index is -0.0463. The number of halogens is 1. The predicted octanol–water partition coefficient (Wildman–Crippen LogP) is 3.03. The SMILES string of the molecule is Cc1ccc(Br)cc1C(=O)NCc1cccn1C. The fraction of sp³-hybridized carbons (Fsp3) is 0.214. The van der Waals surface area contributed by atoms with E-state index in [1.807, 2.05) is 55.1 Å². The topological polar surface area (TPSA) is 34.0 Å². The van der Waals surface area contributed by atoms with Crippen LogP contribution in [0.1, 0.15) is 21.6 Å². The zero-order valence-electron chi connectivity index (χ0n) is 10.4. The normalized spacial score (nSPS) is 10.4. The van der Waals surface area contributed by atoms with Crippen molar-refractivity contribution in [1.29, 1.82) is 0 Å². The molecule has 18 heavy (non-hydrogen) atoms. The molecule has 1 N–H and O–H groups in total. The van der Waals surface area contributed by atoms with E-state index in [2.05, 4.69) is 21.2 Å². The number of amides is 1. The van der Waals surface area contributed by atoms with E-state index in [1.54, 1.807) is 0 Å². The minimum Gasteiger partial charge on any atom is -0.353 e. The Morgan fingerprint density at radius 1 is 1.39 bits per heavy atom. The highest BCUT2D eigenvalue weighted by Gasteiger charge is 2.09. The molecule has 1 aromatic heterocycles. The average Bonchev–Trinajstić information content (AvgIpc) is 2.75. The van der Waals surface area contributed by atoms with Crippen LogP contribution in [0.4, 0.5) is 0 Å². The van der Waals surface area contributed by atoms with Crippen LogP contribution in [0.15, 0.2) is 41.0 Å². The molecule has 0 fully saturated rings. The second-order valence-corrected chi connectivity index (χ2v) is 5.17. The lowest BCUT2D eigenvalue weighted by Gasteiger charge is -2.09. The van der Waals surface area contributed by atoms with Gasteiger partial charge in [-0.05, 0) is 36.8 Å². The molecule has 1 aromatic carbocycles. The fourth-order valence-corrected chi connectivity index (χ4v) is 2.15. The molecule has 94 valence electrons. The Bertz CT molecular complexity index is 575. The van der Waals surface area contributed by atoms with Crippen molar-refractivity contribution in [1.82, 2.24) is 9.88 Å². The molecular formula is C14H15BrN2O. The molecule has 1 heterocycles. The Kier molecular flexibility index (Phi) is 3.87. The first-order valence-electron chi connectivity index (χ1n) is 5.72. The molecule has 3 nitrogen and oxygen atoms in total. The van der Waals surface area contributed by atoms with Gasteiger partial charge in [-0.15, -0.1) is 0 Å². The molecule has 1 amide bonds. The molecule has 0 unspecified atom stereocenters. The van der Waals surface area contributed by atoms with E-state index in [4.69, 9.17) is 0 Å². The van der Waals surface area contributed by atoms with Crippen LogP contribution in [0.5, 0.6) is 0 Å². The number of carbonyl (C=O) groups excluding carboxylic acids is 1. The highest BCUT2D eigenvalue weighted by molar-refractivity contribution is 9.10. The predicted molar refractivity (Wildman–Crippen MR) is 75.5 cm³/mol. The molecule has 0 radical (unpaired) electrons. The van der Waals surface area contributed by atoms with Gasteiger partial charge in [0.25, 0.3) is 5.91 Å². The number of aryl methyl sites for hydroxylation is 2. The summed E-state index contributed by atoms with van der Waals surface area (Å²) in [5, 5.41) is 2.93. The molecule has 2 aromatic rings. The van der Waals surface area contributed by atoms with Crippen molar-refractivity contribution in [2.24, 2.45) is 7.05 Å². The van der Waals surface area contributed by atoms with Crippen LogP contribution in [-0.4, -0.2) is 10.5 Å². The maximum Gasteiger partial charge on any atom is 0.251 e. The lowest BCUT2D eigenvalue weighted by molar-refractivity contribution is 0.0949. The van der Waals surface area contributed by atoms with E-state index in [9.17, 15) is 4.79 Å². The van der Waals surface area contributed by atoms with Gasteiger partial charge in [0.15, 0.2) is 0 Å². The Hall–Kier alpha value is -1.55. The lowest BCUT2D eigenvalue weighted by Crippen LogP contribution is -2.24. The van der Waals surface area contributed by atoms with Crippen LogP contribution in [-0.2, 0) is 13.6 Å². The zero-order chi connectivity index (χ0) is 13.1. The molecular weight excluding hydrogens is 292 g/mol. The van der Waals surface area contributed by atoms with Gasteiger partial charge in [-0.1, -0.05) is 22.0 Å². The van der Waals surface area contributed by atoms with Gasteiger partial charge in [0, 0.05) is 29.0 Å². The largest absolute Gasteiger partial charge is 0.353 e. The summed E-state index contributed by atoms with van der Waals surface area (Å²) in [7, 11) is 1.96. The molecule has 4 heteroatoms. The van der Waals surface area contributed by atoms with Crippen molar-refractivity contribution in [2.75, 3.05) is 0 Å². The van der Waals surface area contributed by atoms with E-state index in [0.717, 1.165) is 15.7 Å². The summed E-state index contributed by atoms with van der Waals surface area (Å²) in [6.45, 7) is 2.47. The Morgan fingerprint density at radius 2 is 2.17 bits per heavy atom. The van der Waals surface area contributed by atoms with E-state index in [-0.39, 0.29) is 5.91 Å². The number of hydrogen-bond donors (Lipinski definition) is 1. The smallest absolute Gasteiger partial charge is 0.251 e. The van der Waals surface area contributed by atoms with Crippen molar-refractivity contribution in [3.63, 3.8) is 0 Å². The first-order valence-corrected chi connectivity index (χ1v) is 6.52. The number of nitrogens with zero attached hydrogens (tertiary/aromatic N) is 1. The molecule has 0 spiro atoms. The average molecular weight is 307 g/mol. The van der Waals surface area contributed by atoms with Crippen molar-refractivity contribution in [2.45, 2.75) is 13.5 Å². The summed E-state index contributed by atoms with van der Waals surface area (Å²) in [6.07, 6.45) is 1.96. The van der Waals surface area contributed by atoms with Crippen molar-refractivity contribution < 1.29 is 4.79 Å². The molecule has 0 atom stereocenters. The van der Waals surface area contributed by atoms with Gasteiger partial charge < -0.3 is 9.88 Å². The highest BCUT2D eigenvalue weighted by Crippen LogP contribution is 2.16. The number of benzene rings is 1. The summed E-state index contributed by atoms with van der Waals surface area (Å²) in [4.78, 5) is 12.1. The summed E-state index contributed by atoms with van der Waals surface area (Å²) in [5.74, 6) is -0.0463. The molecule has 0 bridgehead atoms. The number of nitrogens with one attached hydrogen (secondary N) is 1. The third-order valence-electron chi connectivity index (χ3n) is 2.93. The van der Waals surface area contributed by atoms with Gasteiger partial charge in [0.05, 0.1) is 6.54 Å². The monoisotopic (exact) mass is 306 g/mol. The maximum atomic E-state index is 12.1. The maximum absolute atomic E-state index is 12.1. The van der Waals surface area contributed by atoms with Gasteiger partial charge in [0.2, 0.25) is 0 Å². The first kappa shape index (κ1) is 12.9. The molecule has 0 aliphatic rings. The van der Waals surface area contributed by atoms with Crippen LogP contribution in [0, 0.1) is 6.92 Å². The van der Waals surface area contributed by atoms with E-state index in [0.29, 0.717) is 12.1 Å². The number of hydrogen-bond acceptors (Lipinski definition) is 1. The standard InChI is InChI=1S/C14H15BrN2O/c1-10-5-6-11(15)8-13(10)14(18)16-9-12-4-3-7-17(12)2/h3-8H,9H2,1-2H3,(H,16,18). The second-order valence-electron chi connectivity index (χ2n) is 4.25. The third kappa shape index (κ3) is 2.82. The molecule has 2 rings (SSSR count). The van der Waals surface area contributed by atoms with Crippen LogP contribution in [0.3, 0.4) is 0 Å². The van der Waals surface area contributed by atoms with Gasteiger partial charge in [-0.2, -0.15) is 0 Å². The van der Waals surface area contributed by atoms with Crippen LogP contribution < -0.4 is 5.32 Å². The summed E-state index contributed by atoms with van der Waals surface area (Å²) >= 11 is 3.38. The fourth-order valence-electron chi connectivity index (χ4n) is 1.79. The van der Waals surface area contributed by atoms with Crippen molar-refractivity contribution in [3.05, 3.63) is 57.8 Å². The van der Waals surface area contributed by atoms with E-state index >= 15 is 0 Å². The van der Waals surface area contributed by atoms with E-state index < -0.39 is 0 Å². The quantitative estimate of drug-likeness (QED) is 0.929. The number of carbonyl (C=O) groups is 1. The number of aromatic nitrogens is 1. The minimum absolute atomic E-state index is 0.0463. The number of rotatable bonds is 3. The Balaban J connectivity index is 2.08. The van der Waals surface area contributed by atoms with Crippen LogP contribution in [0.25, 0.3) is 0 Å². The Morgan fingerprint density at radius 3 is 2.83 bits per heavy atom. The molecule has 0 aliphatic heterocycles. The van der Waals surface area contributed by atoms with Gasteiger partial charge >= 0.3 is 0 Å².